The second-order valence-corrected chi connectivity index (χ2v) is 5.31. The third-order valence-corrected chi connectivity index (χ3v) is 3.89. The fourth-order valence-electron chi connectivity index (χ4n) is 2.73. The van der Waals surface area contributed by atoms with Crippen LogP contribution in [0.1, 0.15) is 19.4 Å². The molecule has 0 radical (unpaired) electrons. The second kappa shape index (κ2) is 9.04. The minimum absolute atomic E-state index is 0.689. The molecule has 0 saturated heterocycles. The van der Waals surface area contributed by atoms with E-state index in [-0.39, 0.29) is 0 Å². The van der Waals surface area contributed by atoms with E-state index < -0.39 is 0 Å². The molecule has 1 N–H and O–H groups in total. The Morgan fingerprint density at radius 1 is 0.920 bits per heavy atom. The molecular formula is C21H26N2O2. The molecule has 4 heteroatoms. The fraction of sp³-hybridized carbons (Fsp3) is 0.286. The zero-order valence-electron chi connectivity index (χ0n) is 15.6. The standard InChI is InChI=1S/C19H20N2O2.C2H6/c1-20-12-13-4-6-14(7-5-13)15-8-9-21-17-11-19(23-3)18(22-2)10-16(15)17;1-2/h4-11,20H,12H2,1-3H3;1-2H3. The maximum Gasteiger partial charge on any atom is 0.162 e. The number of rotatable bonds is 5. The molecule has 0 unspecified atom stereocenters. The molecule has 0 fully saturated rings. The first-order valence-corrected chi connectivity index (χ1v) is 8.51. The lowest BCUT2D eigenvalue weighted by atomic mass is 10.00. The van der Waals surface area contributed by atoms with E-state index in [1.165, 1.54) is 5.56 Å². The van der Waals surface area contributed by atoms with E-state index in [1.54, 1.807) is 14.2 Å². The Kier molecular flexibility index (Phi) is 6.78. The number of benzene rings is 2. The van der Waals surface area contributed by atoms with Crippen LogP contribution in [0.3, 0.4) is 0 Å². The average molecular weight is 338 g/mol. The van der Waals surface area contributed by atoms with E-state index in [0.29, 0.717) is 11.5 Å². The molecule has 1 aromatic heterocycles. The first kappa shape index (κ1) is 18.7. The molecule has 0 aliphatic rings. The summed E-state index contributed by atoms with van der Waals surface area (Å²) in [4.78, 5) is 4.45. The monoisotopic (exact) mass is 338 g/mol. The zero-order chi connectivity index (χ0) is 18.2. The summed E-state index contributed by atoms with van der Waals surface area (Å²) >= 11 is 0. The van der Waals surface area contributed by atoms with Crippen molar-refractivity contribution in [3.05, 3.63) is 54.2 Å². The van der Waals surface area contributed by atoms with Gasteiger partial charge in [0.25, 0.3) is 0 Å². The average Bonchev–Trinajstić information content (AvgIpc) is 2.69. The molecule has 0 amide bonds. The first-order valence-electron chi connectivity index (χ1n) is 8.51. The van der Waals surface area contributed by atoms with Crippen molar-refractivity contribution in [3.63, 3.8) is 0 Å². The Labute approximate surface area is 149 Å². The Hall–Kier alpha value is -2.59. The Balaban J connectivity index is 0.00000109. The van der Waals surface area contributed by atoms with Gasteiger partial charge in [0.15, 0.2) is 11.5 Å². The van der Waals surface area contributed by atoms with Gasteiger partial charge < -0.3 is 14.8 Å². The number of fused-ring (bicyclic) bond motifs is 1. The van der Waals surface area contributed by atoms with Gasteiger partial charge in [0.1, 0.15) is 0 Å². The van der Waals surface area contributed by atoms with Crippen molar-refractivity contribution in [2.45, 2.75) is 20.4 Å². The van der Waals surface area contributed by atoms with E-state index in [0.717, 1.165) is 28.6 Å². The zero-order valence-corrected chi connectivity index (χ0v) is 15.6. The third kappa shape index (κ3) is 4.09. The van der Waals surface area contributed by atoms with Crippen molar-refractivity contribution < 1.29 is 9.47 Å². The highest BCUT2D eigenvalue weighted by molar-refractivity contribution is 5.96. The minimum Gasteiger partial charge on any atom is -0.493 e. The minimum atomic E-state index is 0.689. The number of hydrogen-bond donors (Lipinski definition) is 1. The highest BCUT2D eigenvalue weighted by atomic mass is 16.5. The summed E-state index contributed by atoms with van der Waals surface area (Å²) < 4.78 is 10.8. The molecule has 0 spiro atoms. The predicted octanol–water partition coefficient (Wildman–Crippen LogP) is 4.66. The van der Waals surface area contributed by atoms with Crippen molar-refractivity contribution in [2.24, 2.45) is 0 Å². The molecule has 2 aromatic carbocycles. The summed E-state index contributed by atoms with van der Waals surface area (Å²) in [7, 11) is 5.23. The quantitative estimate of drug-likeness (QED) is 0.734. The second-order valence-electron chi connectivity index (χ2n) is 5.31. The largest absolute Gasteiger partial charge is 0.493 e. The smallest absolute Gasteiger partial charge is 0.162 e. The number of pyridine rings is 1. The lowest BCUT2D eigenvalue weighted by Crippen LogP contribution is -2.04. The molecule has 0 aliphatic carbocycles. The van der Waals surface area contributed by atoms with Crippen molar-refractivity contribution in [2.75, 3.05) is 21.3 Å². The van der Waals surface area contributed by atoms with Crippen LogP contribution in [-0.2, 0) is 6.54 Å². The SMILES string of the molecule is CC.CNCc1ccc(-c2ccnc3cc(OC)c(OC)cc23)cc1. The Bertz CT molecular complexity index is 814. The molecule has 3 rings (SSSR count). The van der Waals surface area contributed by atoms with Crippen LogP contribution in [0, 0.1) is 0 Å². The molecular weight excluding hydrogens is 312 g/mol. The maximum atomic E-state index is 5.43. The van der Waals surface area contributed by atoms with Crippen LogP contribution < -0.4 is 14.8 Å². The predicted molar refractivity (Wildman–Crippen MR) is 104 cm³/mol. The number of hydrogen-bond acceptors (Lipinski definition) is 4. The first-order chi connectivity index (χ1) is 12.3. The maximum absolute atomic E-state index is 5.43. The number of nitrogens with zero attached hydrogens (tertiary/aromatic N) is 1. The van der Waals surface area contributed by atoms with Crippen molar-refractivity contribution in [1.29, 1.82) is 0 Å². The van der Waals surface area contributed by atoms with Crippen LogP contribution in [0.5, 0.6) is 11.5 Å². The molecule has 4 nitrogen and oxygen atoms in total. The molecule has 25 heavy (non-hydrogen) atoms. The van der Waals surface area contributed by atoms with Crippen LogP contribution in [0.2, 0.25) is 0 Å². The van der Waals surface area contributed by atoms with Crippen molar-refractivity contribution in [1.82, 2.24) is 10.3 Å². The number of aromatic nitrogens is 1. The fourth-order valence-corrected chi connectivity index (χ4v) is 2.73. The van der Waals surface area contributed by atoms with Crippen LogP contribution in [0.25, 0.3) is 22.0 Å². The third-order valence-electron chi connectivity index (χ3n) is 3.89. The van der Waals surface area contributed by atoms with Gasteiger partial charge in [-0.25, -0.2) is 0 Å². The van der Waals surface area contributed by atoms with Gasteiger partial charge in [-0.3, -0.25) is 4.98 Å². The highest BCUT2D eigenvalue weighted by Crippen LogP contribution is 2.36. The van der Waals surface area contributed by atoms with Crippen molar-refractivity contribution >= 4 is 10.9 Å². The molecule has 3 aromatic rings. The van der Waals surface area contributed by atoms with Gasteiger partial charge in [-0.1, -0.05) is 38.1 Å². The Morgan fingerprint density at radius 3 is 2.16 bits per heavy atom. The van der Waals surface area contributed by atoms with Gasteiger partial charge in [0, 0.05) is 24.2 Å². The van der Waals surface area contributed by atoms with E-state index in [1.807, 2.05) is 45.3 Å². The lowest BCUT2D eigenvalue weighted by Gasteiger charge is -2.12. The van der Waals surface area contributed by atoms with E-state index in [9.17, 15) is 0 Å². The molecule has 0 aliphatic heterocycles. The number of nitrogens with one attached hydrogen (secondary N) is 1. The van der Waals surface area contributed by atoms with Gasteiger partial charge in [0.2, 0.25) is 0 Å². The van der Waals surface area contributed by atoms with Gasteiger partial charge in [-0.2, -0.15) is 0 Å². The van der Waals surface area contributed by atoms with E-state index in [4.69, 9.17) is 9.47 Å². The van der Waals surface area contributed by atoms with Crippen LogP contribution in [0.15, 0.2) is 48.7 Å². The molecule has 132 valence electrons. The van der Waals surface area contributed by atoms with Crippen LogP contribution in [0.4, 0.5) is 0 Å². The highest BCUT2D eigenvalue weighted by Gasteiger charge is 2.11. The number of methoxy groups -OCH3 is 2. The summed E-state index contributed by atoms with van der Waals surface area (Å²) in [6.07, 6.45) is 1.82. The topological polar surface area (TPSA) is 43.4 Å². The van der Waals surface area contributed by atoms with Gasteiger partial charge in [-0.15, -0.1) is 0 Å². The lowest BCUT2D eigenvalue weighted by molar-refractivity contribution is 0.356. The summed E-state index contributed by atoms with van der Waals surface area (Å²) in [5.74, 6) is 1.40. The molecule has 0 saturated carbocycles. The van der Waals surface area contributed by atoms with Crippen LogP contribution in [-0.4, -0.2) is 26.3 Å². The summed E-state index contributed by atoms with van der Waals surface area (Å²) in [6, 6.07) is 14.5. The molecule has 0 atom stereocenters. The van der Waals surface area contributed by atoms with E-state index in [2.05, 4.69) is 34.6 Å². The van der Waals surface area contributed by atoms with Gasteiger partial charge >= 0.3 is 0 Å². The summed E-state index contributed by atoms with van der Waals surface area (Å²) in [6.45, 7) is 4.86. The summed E-state index contributed by atoms with van der Waals surface area (Å²) in [5.41, 5.74) is 4.43. The van der Waals surface area contributed by atoms with Gasteiger partial charge in [-0.05, 0) is 35.9 Å². The molecule has 1 heterocycles. The Morgan fingerprint density at radius 2 is 1.56 bits per heavy atom. The van der Waals surface area contributed by atoms with Crippen LogP contribution >= 0.6 is 0 Å². The van der Waals surface area contributed by atoms with E-state index >= 15 is 0 Å². The van der Waals surface area contributed by atoms with Crippen molar-refractivity contribution in [3.8, 4) is 22.6 Å². The normalized spacial score (nSPS) is 10.1. The summed E-state index contributed by atoms with van der Waals surface area (Å²) in [5, 5.41) is 4.21. The van der Waals surface area contributed by atoms with Gasteiger partial charge in [0.05, 0.1) is 19.7 Å². The molecule has 0 bridgehead atoms. The number of ether oxygens (including phenoxy) is 2.